The highest BCUT2D eigenvalue weighted by atomic mass is 14.9. The van der Waals surface area contributed by atoms with E-state index in [9.17, 15) is 0 Å². The van der Waals surface area contributed by atoms with Crippen LogP contribution in [0.3, 0.4) is 0 Å². The average Bonchev–Trinajstić information content (AvgIpc) is 2.53. The highest BCUT2D eigenvalue weighted by Gasteiger charge is 2.06. The molecule has 0 bridgehead atoms. The molecule has 3 nitrogen and oxygen atoms in total. The quantitative estimate of drug-likeness (QED) is 0.708. The highest BCUT2D eigenvalue weighted by Crippen LogP contribution is 2.24. The first kappa shape index (κ1) is 13.4. The average molecular weight is 277 g/mol. The number of hydrogen-bond donors (Lipinski definition) is 2. The molecule has 3 N–H and O–H groups in total. The number of fused-ring (bicyclic) bond motifs is 1. The molecule has 0 saturated carbocycles. The van der Waals surface area contributed by atoms with Crippen LogP contribution in [0.15, 0.2) is 60.8 Å². The van der Waals surface area contributed by atoms with Gasteiger partial charge in [0.15, 0.2) is 0 Å². The van der Waals surface area contributed by atoms with E-state index in [2.05, 4.69) is 41.5 Å². The fourth-order valence-corrected chi connectivity index (χ4v) is 2.48. The van der Waals surface area contributed by atoms with E-state index in [0.29, 0.717) is 5.92 Å². The summed E-state index contributed by atoms with van der Waals surface area (Å²) in [6.07, 6.45) is 1.82. The molecule has 106 valence electrons. The van der Waals surface area contributed by atoms with Gasteiger partial charge in [0.2, 0.25) is 0 Å². The Morgan fingerprint density at radius 1 is 1.10 bits per heavy atom. The highest BCUT2D eigenvalue weighted by molar-refractivity contribution is 5.92. The summed E-state index contributed by atoms with van der Waals surface area (Å²) < 4.78 is 0. The summed E-state index contributed by atoms with van der Waals surface area (Å²) in [6.45, 7) is 3.11. The number of hydrogen-bond acceptors (Lipinski definition) is 3. The van der Waals surface area contributed by atoms with Crippen molar-refractivity contribution >= 4 is 22.3 Å². The monoisotopic (exact) mass is 277 g/mol. The second-order valence-electron chi connectivity index (χ2n) is 5.33. The third-order valence-corrected chi connectivity index (χ3v) is 3.73. The van der Waals surface area contributed by atoms with Crippen LogP contribution < -0.4 is 11.1 Å². The zero-order valence-electron chi connectivity index (χ0n) is 12.1. The second kappa shape index (κ2) is 5.83. The van der Waals surface area contributed by atoms with E-state index in [-0.39, 0.29) is 0 Å². The van der Waals surface area contributed by atoms with Crippen LogP contribution in [0.1, 0.15) is 18.4 Å². The van der Waals surface area contributed by atoms with E-state index in [4.69, 9.17) is 5.73 Å². The van der Waals surface area contributed by atoms with Crippen LogP contribution in [0.4, 0.5) is 11.4 Å². The van der Waals surface area contributed by atoms with Gasteiger partial charge < -0.3 is 11.1 Å². The molecule has 0 aliphatic carbocycles. The Morgan fingerprint density at radius 3 is 2.71 bits per heavy atom. The zero-order valence-corrected chi connectivity index (χ0v) is 12.1. The van der Waals surface area contributed by atoms with Gasteiger partial charge in [0.1, 0.15) is 0 Å². The van der Waals surface area contributed by atoms with Crippen LogP contribution in [0, 0.1) is 0 Å². The molecule has 1 heterocycles. The van der Waals surface area contributed by atoms with Gasteiger partial charge in [-0.05, 0) is 35.7 Å². The topological polar surface area (TPSA) is 50.9 Å². The Hall–Kier alpha value is -2.55. The third kappa shape index (κ3) is 2.97. The molecule has 0 fully saturated rings. The number of nitrogens with two attached hydrogens (primary N) is 1. The van der Waals surface area contributed by atoms with Gasteiger partial charge in [-0.2, -0.15) is 0 Å². The predicted molar refractivity (Wildman–Crippen MR) is 89.5 cm³/mol. The molecule has 3 rings (SSSR count). The van der Waals surface area contributed by atoms with Crippen LogP contribution in [0.2, 0.25) is 0 Å². The molecule has 0 aliphatic heterocycles. The molecule has 1 unspecified atom stereocenters. The number of benzene rings is 2. The van der Waals surface area contributed by atoms with Gasteiger partial charge in [-0.1, -0.05) is 37.3 Å². The zero-order chi connectivity index (χ0) is 14.7. The first-order valence-corrected chi connectivity index (χ1v) is 7.17. The van der Waals surface area contributed by atoms with Gasteiger partial charge >= 0.3 is 0 Å². The molecule has 0 amide bonds. The minimum atomic E-state index is 0.447. The van der Waals surface area contributed by atoms with Crippen molar-refractivity contribution in [3.63, 3.8) is 0 Å². The molecule has 2 aromatic carbocycles. The normalized spacial score (nSPS) is 12.2. The number of aromatic nitrogens is 1. The van der Waals surface area contributed by atoms with Crippen LogP contribution in [0.5, 0.6) is 0 Å². The predicted octanol–water partition coefficient (Wildman–Crippen LogP) is 4.03. The van der Waals surface area contributed by atoms with Crippen LogP contribution in [0.25, 0.3) is 10.9 Å². The molecular weight excluding hydrogens is 258 g/mol. The number of nitrogens with one attached hydrogen (secondary N) is 1. The van der Waals surface area contributed by atoms with Gasteiger partial charge in [-0.3, -0.25) is 4.98 Å². The summed E-state index contributed by atoms with van der Waals surface area (Å²) in [5.41, 5.74) is 9.92. The molecule has 1 atom stereocenters. The van der Waals surface area contributed by atoms with Crippen LogP contribution >= 0.6 is 0 Å². The van der Waals surface area contributed by atoms with Gasteiger partial charge in [0.05, 0.1) is 5.52 Å². The standard InChI is InChI=1S/C18H19N3/c1-13(14-5-3-2-4-6-14)12-21-17-9-10-20-18-11-15(19)7-8-16(17)18/h2-11,13H,12,19H2,1H3,(H,20,21). The van der Waals surface area contributed by atoms with Crippen molar-refractivity contribution in [2.75, 3.05) is 17.6 Å². The van der Waals surface area contributed by atoms with Crippen molar-refractivity contribution in [2.45, 2.75) is 12.8 Å². The van der Waals surface area contributed by atoms with Gasteiger partial charge in [0.25, 0.3) is 0 Å². The van der Waals surface area contributed by atoms with Gasteiger partial charge in [-0.25, -0.2) is 0 Å². The van der Waals surface area contributed by atoms with E-state index < -0.39 is 0 Å². The summed E-state index contributed by atoms with van der Waals surface area (Å²) >= 11 is 0. The van der Waals surface area contributed by atoms with Crippen LogP contribution in [-0.4, -0.2) is 11.5 Å². The van der Waals surface area contributed by atoms with E-state index in [1.165, 1.54) is 5.56 Å². The molecule has 0 spiro atoms. The minimum absolute atomic E-state index is 0.447. The number of rotatable bonds is 4. The molecule has 21 heavy (non-hydrogen) atoms. The maximum absolute atomic E-state index is 5.81. The Bertz CT molecular complexity index is 738. The molecular formula is C18H19N3. The molecule has 0 aliphatic rings. The lowest BCUT2D eigenvalue weighted by atomic mass is 10.0. The van der Waals surface area contributed by atoms with Crippen molar-refractivity contribution in [2.24, 2.45) is 0 Å². The lowest BCUT2D eigenvalue weighted by Gasteiger charge is -2.15. The fraction of sp³-hybridized carbons (Fsp3) is 0.167. The summed E-state index contributed by atoms with van der Waals surface area (Å²) in [5.74, 6) is 0.447. The molecule has 0 radical (unpaired) electrons. The van der Waals surface area contributed by atoms with Crippen molar-refractivity contribution < 1.29 is 0 Å². The number of nitrogens with zero attached hydrogens (tertiary/aromatic N) is 1. The fourth-order valence-electron chi connectivity index (χ4n) is 2.48. The summed E-state index contributed by atoms with van der Waals surface area (Å²) in [5, 5.41) is 4.63. The third-order valence-electron chi connectivity index (χ3n) is 3.73. The molecule has 3 aromatic rings. The van der Waals surface area contributed by atoms with Gasteiger partial charge in [-0.15, -0.1) is 0 Å². The summed E-state index contributed by atoms with van der Waals surface area (Å²) in [6, 6.07) is 18.4. The largest absolute Gasteiger partial charge is 0.399 e. The van der Waals surface area contributed by atoms with E-state index >= 15 is 0 Å². The Labute approximate surface area is 124 Å². The summed E-state index contributed by atoms with van der Waals surface area (Å²) in [7, 11) is 0. The second-order valence-corrected chi connectivity index (χ2v) is 5.33. The van der Waals surface area contributed by atoms with Crippen LogP contribution in [-0.2, 0) is 0 Å². The first-order valence-electron chi connectivity index (χ1n) is 7.17. The minimum Gasteiger partial charge on any atom is -0.399 e. The smallest absolute Gasteiger partial charge is 0.0743 e. The molecule has 3 heteroatoms. The summed E-state index contributed by atoms with van der Waals surface area (Å²) in [4.78, 5) is 4.37. The lowest BCUT2D eigenvalue weighted by Crippen LogP contribution is -2.10. The van der Waals surface area contributed by atoms with Crippen molar-refractivity contribution in [3.05, 3.63) is 66.4 Å². The van der Waals surface area contributed by atoms with Crippen molar-refractivity contribution in [1.82, 2.24) is 4.98 Å². The van der Waals surface area contributed by atoms with E-state index in [1.807, 2.05) is 36.5 Å². The van der Waals surface area contributed by atoms with E-state index in [0.717, 1.165) is 28.8 Å². The SMILES string of the molecule is CC(CNc1ccnc2cc(N)ccc12)c1ccccc1. The number of nitrogen functional groups attached to an aromatic ring is 1. The molecule has 0 saturated heterocycles. The van der Waals surface area contributed by atoms with Crippen molar-refractivity contribution in [1.29, 1.82) is 0 Å². The first-order chi connectivity index (χ1) is 10.2. The number of anilines is 2. The van der Waals surface area contributed by atoms with Crippen molar-refractivity contribution in [3.8, 4) is 0 Å². The lowest BCUT2D eigenvalue weighted by molar-refractivity contribution is 0.805. The number of pyridine rings is 1. The Balaban J connectivity index is 1.79. The Kier molecular flexibility index (Phi) is 3.73. The van der Waals surface area contributed by atoms with E-state index in [1.54, 1.807) is 0 Å². The Morgan fingerprint density at radius 2 is 1.90 bits per heavy atom. The maximum atomic E-state index is 5.81. The van der Waals surface area contributed by atoms with Gasteiger partial charge in [0, 0.05) is 29.5 Å². The maximum Gasteiger partial charge on any atom is 0.0743 e. The molecule has 1 aromatic heterocycles.